The van der Waals surface area contributed by atoms with Crippen molar-refractivity contribution in [2.45, 2.75) is 69.2 Å². The van der Waals surface area contributed by atoms with Crippen molar-refractivity contribution in [2.24, 2.45) is 0 Å². The van der Waals surface area contributed by atoms with Gasteiger partial charge in [-0.15, -0.1) is 0 Å². The standard InChI is InChI=1S/C29H41N6O14PS/c1-3-4-9-43-10-11-44-29(40)45-16-51-50(41,49-24-19(13-36)48-27(25(24)42-2)34-8-6-21(38)33-28(34)39)46-14-20-18(37)12-22(47-20)35-15-32-23-17(30)5-7-31-26(23)35/h5-8,15,18-20,22,24-25,27,36-37H,3-4,9-14,16H2,1-2H3,(H2,30,31)(H,33,38,39)/t18?,19-,20-,22-,24?,25+,27-,50?/m1/s1. The minimum Gasteiger partial charge on any atom is -0.432 e. The molecule has 2 aliphatic rings. The normalized spacial score (nSPS) is 26.0. The minimum absolute atomic E-state index is 0.0666. The Labute approximate surface area is 294 Å². The number of hydrogen-bond acceptors (Lipinski definition) is 18. The van der Waals surface area contributed by atoms with Crippen LogP contribution < -0.4 is 17.0 Å². The molecule has 0 radical (unpaired) electrons. The fourth-order valence-corrected chi connectivity index (χ4v) is 8.20. The first kappa shape index (κ1) is 38.9. The summed E-state index contributed by atoms with van der Waals surface area (Å²) < 4.78 is 61.6. The van der Waals surface area contributed by atoms with Gasteiger partial charge in [0.05, 0.1) is 37.9 Å². The predicted octanol–water partition coefficient (Wildman–Crippen LogP) is 1.29. The van der Waals surface area contributed by atoms with E-state index >= 15 is 0 Å². The van der Waals surface area contributed by atoms with E-state index in [2.05, 4.69) is 15.0 Å². The molecule has 8 atom stereocenters. The first-order chi connectivity index (χ1) is 24.6. The SMILES string of the molecule is CCCCOCCOC(=O)OCSP(=O)(OC[C@H]1O[C@@H](n2cnc3c(N)ccnc32)CC1O)OC1[C@@H](CO)O[C@@H](n2ccc(=O)[nH]c2=O)[C@H]1OC. The van der Waals surface area contributed by atoms with Crippen LogP contribution in [0.4, 0.5) is 10.5 Å². The third-order valence-corrected chi connectivity index (χ3v) is 11.3. The topological polar surface area (TPSA) is 260 Å². The fourth-order valence-electron chi connectivity index (χ4n) is 5.41. The Bertz CT molecular complexity index is 1770. The number of hydrogen-bond donors (Lipinski definition) is 4. The Morgan fingerprint density at radius 2 is 1.96 bits per heavy atom. The number of imidazole rings is 1. The van der Waals surface area contributed by atoms with Crippen molar-refractivity contribution in [3.63, 3.8) is 0 Å². The van der Waals surface area contributed by atoms with Crippen molar-refractivity contribution in [1.82, 2.24) is 24.1 Å². The number of ether oxygens (including phenoxy) is 6. The average molecular weight is 761 g/mol. The Hall–Kier alpha value is -3.37. The van der Waals surface area contributed by atoms with Gasteiger partial charge in [0.15, 0.2) is 17.8 Å². The number of aromatic nitrogens is 5. The molecule has 20 nitrogen and oxygen atoms in total. The molecule has 51 heavy (non-hydrogen) atoms. The van der Waals surface area contributed by atoms with Crippen LogP contribution in [0.25, 0.3) is 11.2 Å². The molecule has 5 rings (SSSR count). The maximum Gasteiger partial charge on any atom is 0.509 e. The van der Waals surface area contributed by atoms with Gasteiger partial charge < -0.3 is 44.4 Å². The number of pyridine rings is 1. The van der Waals surface area contributed by atoms with E-state index in [0.717, 1.165) is 23.5 Å². The number of nitrogens with one attached hydrogen (secondary N) is 1. The quantitative estimate of drug-likeness (QED) is 0.0616. The summed E-state index contributed by atoms with van der Waals surface area (Å²) in [7, 11) is 1.28. The summed E-state index contributed by atoms with van der Waals surface area (Å²) in [6.45, 7) is -2.89. The summed E-state index contributed by atoms with van der Waals surface area (Å²) in [5.74, 6) is -0.560. The van der Waals surface area contributed by atoms with Crippen LogP contribution in [-0.2, 0) is 42.0 Å². The Morgan fingerprint density at radius 1 is 1.14 bits per heavy atom. The number of methoxy groups -OCH3 is 1. The first-order valence-corrected chi connectivity index (χ1v) is 19.2. The highest BCUT2D eigenvalue weighted by Gasteiger charge is 2.51. The third-order valence-electron chi connectivity index (χ3n) is 7.99. The lowest BCUT2D eigenvalue weighted by molar-refractivity contribution is -0.0625. The van der Waals surface area contributed by atoms with Gasteiger partial charge in [0.2, 0.25) is 0 Å². The second-order valence-corrected chi connectivity index (χ2v) is 15.4. The van der Waals surface area contributed by atoms with Gasteiger partial charge in [-0.25, -0.2) is 24.1 Å². The molecule has 0 bridgehead atoms. The van der Waals surface area contributed by atoms with Gasteiger partial charge >= 0.3 is 18.6 Å². The lowest BCUT2D eigenvalue weighted by Crippen LogP contribution is -2.39. The molecule has 0 amide bonds. The molecule has 0 aromatic carbocycles. The maximum atomic E-state index is 14.4. The number of fused-ring (bicyclic) bond motifs is 1. The number of aliphatic hydroxyl groups is 2. The molecule has 3 unspecified atom stereocenters. The van der Waals surface area contributed by atoms with Crippen LogP contribution in [0, 0.1) is 0 Å². The summed E-state index contributed by atoms with van der Waals surface area (Å²) in [4.78, 5) is 47.1. The smallest absolute Gasteiger partial charge is 0.432 e. The van der Waals surface area contributed by atoms with Crippen LogP contribution in [0.2, 0.25) is 0 Å². The number of H-pyrrole nitrogens is 1. The number of aromatic amines is 1. The van der Waals surface area contributed by atoms with Gasteiger partial charge in [0.25, 0.3) is 5.56 Å². The number of carbonyl (C=O) groups excluding carboxylic acids is 1. The zero-order valence-electron chi connectivity index (χ0n) is 27.8. The zero-order chi connectivity index (χ0) is 36.5. The minimum atomic E-state index is -4.41. The van der Waals surface area contributed by atoms with Gasteiger partial charge in [0.1, 0.15) is 42.8 Å². The van der Waals surface area contributed by atoms with Crippen molar-refractivity contribution in [3.8, 4) is 0 Å². The van der Waals surface area contributed by atoms with E-state index in [1.807, 2.05) is 6.92 Å². The molecule has 3 aromatic heterocycles. The number of carbonyl (C=O) groups is 1. The van der Waals surface area contributed by atoms with Crippen LogP contribution in [0.3, 0.4) is 0 Å². The van der Waals surface area contributed by atoms with Gasteiger partial charge in [-0.05, 0) is 12.5 Å². The Balaban J connectivity index is 1.29. The summed E-state index contributed by atoms with van der Waals surface area (Å²) >= 11 is 0.475. The van der Waals surface area contributed by atoms with E-state index in [-0.39, 0.29) is 19.6 Å². The van der Waals surface area contributed by atoms with Crippen LogP contribution in [-0.4, -0.2) is 117 Å². The average Bonchev–Trinajstić information content (AvgIpc) is 3.80. The highest BCUT2D eigenvalue weighted by atomic mass is 32.7. The second-order valence-electron chi connectivity index (χ2n) is 11.4. The van der Waals surface area contributed by atoms with Crippen LogP contribution in [0.5, 0.6) is 0 Å². The lowest BCUT2D eigenvalue weighted by atomic mass is 10.1. The van der Waals surface area contributed by atoms with Crippen molar-refractivity contribution in [2.75, 3.05) is 51.8 Å². The molecule has 22 heteroatoms. The number of rotatable bonds is 18. The van der Waals surface area contributed by atoms with Gasteiger partial charge in [-0.2, -0.15) is 0 Å². The summed E-state index contributed by atoms with van der Waals surface area (Å²) in [6, 6.07) is 2.70. The number of nitrogens with two attached hydrogens (primary N) is 1. The Kier molecular flexibility index (Phi) is 13.6. The Morgan fingerprint density at radius 3 is 2.71 bits per heavy atom. The van der Waals surface area contributed by atoms with Gasteiger partial charge in [0, 0.05) is 50.0 Å². The van der Waals surface area contributed by atoms with Crippen molar-refractivity contribution >= 4 is 41.2 Å². The number of nitrogens with zero attached hydrogens (tertiary/aromatic N) is 4. The summed E-state index contributed by atoms with van der Waals surface area (Å²) in [6.07, 6.45) is -2.66. The molecule has 5 heterocycles. The van der Waals surface area contributed by atoms with Crippen molar-refractivity contribution in [3.05, 3.63) is 51.7 Å². The highest BCUT2D eigenvalue weighted by Crippen LogP contribution is 2.63. The molecule has 2 saturated heterocycles. The van der Waals surface area contributed by atoms with Gasteiger partial charge in [-0.3, -0.25) is 28.0 Å². The zero-order valence-corrected chi connectivity index (χ0v) is 29.5. The van der Waals surface area contributed by atoms with Crippen LogP contribution in [0.15, 0.2) is 40.4 Å². The van der Waals surface area contributed by atoms with E-state index in [0.29, 0.717) is 34.8 Å². The van der Waals surface area contributed by atoms with Crippen molar-refractivity contribution in [1.29, 1.82) is 0 Å². The summed E-state index contributed by atoms with van der Waals surface area (Å²) in [5, 5.41) is 21.0. The number of unbranched alkanes of at least 4 members (excludes halogenated alkanes) is 1. The molecule has 2 fully saturated rings. The highest BCUT2D eigenvalue weighted by molar-refractivity contribution is 8.55. The second kappa shape index (κ2) is 17.9. The molecular formula is C29H41N6O14PS. The molecule has 0 saturated carbocycles. The number of nitrogen functional groups attached to an aromatic ring is 1. The van der Waals surface area contributed by atoms with Gasteiger partial charge in [-0.1, -0.05) is 13.3 Å². The summed E-state index contributed by atoms with van der Waals surface area (Å²) in [5.41, 5.74) is 5.84. The third kappa shape index (κ3) is 9.55. The molecule has 0 aliphatic carbocycles. The molecule has 0 spiro atoms. The number of aliphatic hydroxyl groups excluding tert-OH is 2. The monoisotopic (exact) mass is 760 g/mol. The molecule has 2 aliphatic heterocycles. The maximum absolute atomic E-state index is 14.4. The first-order valence-electron chi connectivity index (χ1n) is 16.0. The fraction of sp³-hybridized carbons (Fsp3) is 0.621. The molecule has 3 aromatic rings. The van der Waals surface area contributed by atoms with E-state index in [1.54, 1.807) is 10.6 Å². The lowest BCUT2D eigenvalue weighted by Gasteiger charge is -2.27. The molecule has 282 valence electrons. The van der Waals surface area contributed by atoms with Crippen LogP contribution >= 0.6 is 18.2 Å². The van der Waals surface area contributed by atoms with E-state index in [9.17, 15) is 29.2 Å². The van der Waals surface area contributed by atoms with Crippen LogP contribution in [0.1, 0.15) is 38.6 Å². The van der Waals surface area contributed by atoms with E-state index < -0.39 is 86.3 Å². The van der Waals surface area contributed by atoms with Crippen molar-refractivity contribution < 1.29 is 57.0 Å². The van der Waals surface area contributed by atoms with E-state index in [1.165, 1.54) is 25.8 Å². The number of anilines is 1. The van der Waals surface area contributed by atoms with E-state index in [4.69, 9.17) is 43.2 Å². The predicted molar refractivity (Wildman–Crippen MR) is 179 cm³/mol. The molecule has 5 N–H and O–H groups in total. The molecular weight excluding hydrogens is 719 g/mol. The largest absolute Gasteiger partial charge is 0.509 e.